The lowest BCUT2D eigenvalue weighted by Gasteiger charge is -2.22. The molecule has 0 radical (unpaired) electrons. The van der Waals surface area contributed by atoms with Crippen LogP contribution >= 0.6 is 11.6 Å². The number of sulfonamides is 1. The van der Waals surface area contributed by atoms with Gasteiger partial charge in [-0.05, 0) is 31.4 Å². The van der Waals surface area contributed by atoms with E-state index >= 15 is 0 Å². The highest BCUT2D eigenvalue weighted by molar-refractivity contribution is 7.93. The van der Waals surface area contributed by atoms with E-state index in [1.807, 2.05) is 0 Å². The highest BCUT2D eigenvalue weighted by Crippen LogP contribution is 2.40. The molecule has 0 spiro atoms. The van der Waals surface area contributed by atoms with Crippen LogP contribution in [0.5, 0.6) is 11.5 Å². The van der Waals surface area contributed by atoms with E-state index in [1.165, 1.54) is 26.6 Å². The molecular weight excluding hydrogens is 508 g/mol. The van der Waals surface area contributed by atoms with Crippen LogP contribution in [0, 0.1) is 5.92 Å². The third kappa shape index (κ3) is 4.97. The van der Waals surface area contributed by atoms with Crippen LogP contribution in [0.3, 0.4) is 0 Å². The Hall–Kier alpha value is -2.96. The number of para-hydroxylation sites is 1. The molecule has 4 rings (SSSR count). The molecule has 36 heavy (non-hydrogen) atoms. The van der Waals surface area contributed by atoms with E-state index in [9.17, 15) is 8.42 Å². The van der Waals surface area contributed by atoms with E-state index in [2.05, 4.69) is 31.8 Å². The van der Waals surface area contributed by atoms with Crippen molar-refractivity contribution in [2.24, 2.45) is 5.92 Å². The maximum atomic E-state index is 13.5. The SMILES string of the molecule is COc1cccc(OC)c1-n1c(NS(=O)(=O)C(C)C(C)c2ncc(Cl)cn2)nnc1[C@@H]1OCC[C@@H]1C. The van der Waals surface area contributed by atoms with Crippen molar-refractivity contribution in [1.82, 2.24) is 24.7 Å². The van der Waals surface area contributed by atoms with Crippen molar-refractivity contribution in [1.29, 1.82) is 0 Å². The number of rotatable bonds is 9. The Morgan fingerprint density at radius 1 is 1.14 bits per heavy atom. The van der Waals surface area contributed by atoms with Gasteiger partial charge in [0.1, 0.15) is 29.1 Å². The van der Waals surface area contributed by atoms with Crippen LogP contribution in [0.25, 0.3) is 5.69 Å². The van der Waals surface area contributed by atoms with E-state index in [0.29, 0.717) is 40.5 Å². The number of nitrogens with one attached hydrogen (secondary N) is 1. The van der Waals surface area contributed by atoms with E-state index in [-0.39, 0.29) is 18.0 Å². The Morgan fingerprint density at radius 2 is 1.78 bits per heavy atom. The first-order valence-electron chi connectivity index (χ1n) is 11.4. The molecule has 2 aromatic heterocycles. The molecule has 0 aliphatic carbocycles. The van der Waals surface area contributed by atoms with Gasteiger partial charge in [-0.3, -0.25) is 9.29 Å². The number of nitrogens with zero attached hydrogens (tertiary/aromatic N) is 5. The van der Waals surface area contributed by atoms with Crippen LogP contribution in [-0.2, 0) is 14.8 Å². The van der Waals surface area contributed by atoms with Gasteiger partial charge in [0.05, 0.1) is 24.5 Å². The first-order valence-corrected chi connectivity index (χ1v) is 13.4. The molecule has 0 bridgehead atoms. The van der Waals surface area contributed by atoms with Gasteiger partial charge in [0.25, 0.3) is 0 Å². The molecule has 13 heteroatoms. The smallest absolute Gasteiger partial charge is 0.243 e. The Labute approximate surface area is 215 Å². The third-order valence-corrected chi connectivity index (χ3v) is 8.48. The van der Waals surface area contributed by atoms with Crippen molar-refractivity contribution in [3.63, 3.8) is 0 Å². The quantitative estimate of drug-likeness (QED) is 0.434. The second-order valence-corrected chi connectivity index (χ2v) is 11.2. The monoisotopic (exact) mass is 536 g/mol. The summed E-state index contributed by atoms with van der Waals surface area (Å²) in [6, 6.07) is 5.28. The molecule has 2 unspecified atom stereocenters. The lowest BCUT2D eigenvalue weighted by atomic mass is 10.0. The summed E-state index contributed by atoms with van der Waals surface area (Å²) < 4.78 is 48.4. The van der Waals surface area contributed by atoms with Crippen LogP contribution < -0.4 is 14.2 Å². The summed E-state index contributed by atoms with van der Waals surface area (Å²) in [6.45, 7) is 5.94. The maximum absolute atomic E-state index is 13.5. The molecule has 3 heterocycles. The zero-order valence-electron chi connectivity index (χ0n) is 20.7. The zero-order chi connectivity index (χ0) is 26.0. The van der Waals surface area contributed by atoms with Crippen molar-refractivity contribution < 1.29 is 22.6 Å². The van der Waals surface area contributed by atoms with Crippen LogP contribution in [0.4, 0.5) is 5.95 Å². The standard InChI is InChI=1S/C23H29ClN6O5S/c1-13-9-10-35-20(13)22-27-28-23(30(22)19-17(33-4)7-6-8-18(19)34-5)29-36(31,32)15(3)14(2)21-25-11-16(24)12-26-21/h6-8,11-15,20H,9-10H2,1-5H3,(H,28,29)/t13-,14?,15?,20+/m0/s1. The second kappa shape index (κ2) is 10.6. The largest absolute Gasteiger partial charge is 0.494 e. The van der Waals surface area contributed by atoms with Crippen LogP contribution in [-0.4, -0.2) is 59.2 Å². The summed E-state index contributed by atoms with van der Waals surface area (Å²) in [4.78, 5) is 8.35. The van der Waals surface area contributed by atoms with Gasteiger partial charge in [-0.1, -0.05) is 31.5 Å². The lowest BCUT2D eigenvalue weighted by molar-refractivity contribution is 0.0858. The van der Waals surface area contributed by atoms with Gasteiger partial charge in [0.2, 0.25) is 16.0 Å². The molecular formula is C23H29ClN6O5S. The minimum atomic E-state index is -3.97. The highest BCUT2D eigenvalue weighted by atomic mass is 35.5. The summed E-state index contributed by atoms with van der Waals surface area (Å²) in [5, 5.41) is 8.02. The number of anilines is 1. The van der Waals surface area contributed by atoms with Crippen molar-refractivity contribution in [2.75, 3.05) is 25.5 Å². The molecule has 194 valence electrons. The molecule has 0 amide bonds. The number of aromatic nitrogens is 5. The molecule has 1 fully saturated rings. The summed E-state index contributed by atoms with van der Waals surface area (Å²) in [6.07, 6.45) is 3.33. The lowest BCUT2D eigenvalue weighted by Crippen LogP contribution is -2.31. The van der Waals surface area contributed by atoms with E-state index in [4.69, 9.17) is 25.8 Å². The van der Waals surface area contributed by atoms with Crippen molar-refractivity contribution in [2.45, 2.75) is 44.5 Å². The Morgan fingerprint density at radius 3 is 2.33 bits per heavy atom. The fraction of sp³-hybridized carbons (Fsp3) is 0.478. The van der Waals surface area contributed by atoms with Gasteiger partial charge in [-0.25, -0.2) is 18.4 Å². The van der Waals surface area contributed by atoms with Crippen molar-refractivity contribution >= 4 is 27.6 Å². The third-order valence-electron chi connectivity index (χ3n) is 6.43. The van der Waals surface area contributed by atoms with Crippen molar-refractivity contribution in [3.05, 3.63) is 47.3 Å². The number of hydrogen-bond acceptors (Lipinski definition) is 9. The molecule has 1 saturated heterocycles. The van der Waals surface area contributed by atoms with Gasteiger partial charge in [0, 0.05) is 24.9 Å². The highest BCUT2D eigenvalue weighted by Gasteiger charge is 2.36. The van der Waals surface area contributed by atoms with E-state index < -0.39 is 21.2 Å². The Bertz CT molecular complexity index is 1290. The zero-order valence-corrected chi connectivity index (χ0v) is 22.2. The van der Waals surface area contributed by atoms with Crippen LogP contribution in [0.15, 0.2) is 30.6 Å². The summed E-state index contributed by atoms with van der Waals surface area (Å²) in [5.74, 6) is 1.33. The fourth-order valence-corrected chi connectivity index (χ4v) is 5.43. The number of ether oxygens (including phenoxy) is 3. The van der Waals surface area contributed by atoms with Crippen molar-refractivity contribution in [3.8, 4) is 17.2 Å². The maximum Gasteiger partial charge on any atom is 0.243 e. The Balaban J connectivity index is 1.78. The molecule has 1 N–H and O–H groups in total. The predicted octanol–water partition coefficient (Wildman–Crippen LogP) is 3.76. The average molecular weight is 537 g/mol. The summed E-state index contributed by atoms with van der Waals surface area (Å²) in [7, 11) is -0.924. The molecule has 1 aliphatic rings. The normalized spacial score (nSPS) is 19.6. The van der Waals surface area contributed by atoms with E-state index in [0.717, 1.165) is 6.42 Å². The Kier molecular flexibility index (Phi) is 7.67. The van der Waals surface area contributed by atoms with Crippen LogP contribution in [0.1, 0.15) is 50.9 Å². The molecule has 11 nitrogen and oxygen atoms in total. The second-order valence-electron chi connectivity index (χ2n) is 8.69. The van der Waals surface area contributed by atoms with Crippen LogP contribution in [0.2, 0.25) is 5.02 Å². The minimum Gasteiger partial charge on any atom is -0.494 e. The van der Waals surface area contributed by atoms with Gasteiger partial charge in [-0.2, -0.15) is 0 Å². The molecule has 1 aromatic carbocycles. The van der Waals surface area contributed by atoms with Gasteiger partial charge < -0.3 is 14.2 Å². The predicted molar refractivity (Wildman–Crippen MR) is 134 cm³/mol. The molecule has 1 aliphatic heterocycles. The minimum absolute atomic E-state index is 0.00780. The number of hydrogen-bond donors (Lipinski definition) is 1. The number of methoxy groups -OCH3 is 2. The first-order chi connectivity index (χ1) is 17.2. The van der Waals surface area contributed by atoms with Gasteiger partial charge in [0.15, 0.2) is 5.82 Å². The molecule has 4 atom stereocenters. The average Bonchev–Trinajstić information content (AvgIpc) is 3.47. The number of benzene rings is 1. The topological polar surface area (TPSA) is 130 Å². The van der Waals surface area contributed by atoms with E-state index in [1.54, 1.807) is 36.6 Å². The first kappa shape index (κ1) is 26.1. The fourth-order valence-electron chi connectivity index (χ4n) is 4.10. The number of halogens is 1. The summed E-state index contributed by atoms with van der Waals surface area (Å²) >= 11 is 5.88. The summed E-state index contributed by atoms with van der Waals surface area (Å²) in [5.41, 5.74) is 0.463. The van der Waals surface area contributed by atoms with Gasteiger partial charge >= 0.3 is 0 Å². The van der Waals surface area contributed by atoms with Gasteiger partial charge in [-0.15, -0.1) is 10.2 Å². The molecule has 3 aromatic rings. The molecule has 0 saturated carbocycles.